The van der Waals surface area contributed by atoms with Crippen LogP contribution in [0, 0.1) is 41.5 Å². The first kappa shape index (κ1) is 26.2. The second-order valence-electron chi connectivity index (χ2n) is 10.5. The van der Waals surface area contributed by atoms with Gasteiger partial charge in [-0.25, -0.2) is 0 Å². The molecule has 0 aliphatic carbocycles. The molecule has 0 amide bonds. The largest absolute Gasteiger partial charge is 0.507 e. The number of aromatic hydroxyl groups is 4. The molecule has 4 heteroatoms. The van der Waals surface area contributed by atoms with Crippen LogP contribution < -0.4 is 0 Å². The van der Waals surface area contributed by atoms with E-state index < -0.39 is 0 Å². The maximum Gasteiger partial charge on any atom is 0.122 e. The summed E-state index contributed by atoms with van der Waals surface area (Å²) < 4.78 is 0. The summed E-state index contributed by atoms with van der Waals surface area (Å²) in [5.74, 6) is 1.23. The van der Waals surface area contributed by atoms with Gasteiger partial charge in [0.05, 0.1) is 0 Å². The molecule has 0 saturated heterocycles. The van der Waals surface area contributed by atoms with Crippen molar-refractivity contribution in [2.24, 2.45) is 0 Å². The van der Waals surface area contributed by atoms with Crippen molar-refractivity contribution >= 4 is 0 Å². The van der Waals surface area contributed by atoms with E-state index in [2.05, 4.69) is 12.1 Å². The lowest BCUT2D eigenvalue weighted by molar-refractivity contribution is 0.464. The Balaban J connectivity index is 1.65. The van der Waals surface area contributed by atoms with E-state index in [1.807, 2.05) is 77.9 Å². The summed E-state index contributed by atoms with van der Waals surface area (Å²) in [6.45, 7) is 11.4. The molecule has 4 nitrogen and oxygen atoms in total. The molecule has 0 spiro atoms. The summed E-state index contributed by atoms with van der Waals surface area (Å²) in [6.07, 6.45) is 1.81. The minimum atomic E-state index is 0.299. The fourth-order valence-corrected chi connectivity index (χ4v) is 5.31. The van der Waals surface area contributed by atoms with Gasteiger partial charge in [0.1, 0.15) is 23.0 Å². The summed E-state index contributed by atoms with van der Waals surface area (Å²) in [5.41, 5.74) is 10.9. The average Bonchev–Trinajstić information content (AvgIpc) is 2.82. The van der Waals surface area contributed by atoms with Gasteiger partial charge in [0.15, 0.2) is 0 Å². The summed E-state index contributed by atoms with van der Waals surface area (Å²) in [5, 5.41) is 41.8. The van der Waals surface area contributed by atoms with Crippen molar-refractivity contribution in [3.63, 3.8) is 0 Å². The van der Waals surface area contributed by atoms with Crippen LogP contribution in [0.5, 0.6) is 23.0 Å². The van der Waals surface area contributed by atoms with Crippen molar-refractivity contribution in [1.82, 2.24) is 0 Å². The molecule has 192 valence electrons. The molecule has 0 heterocycles. The van der Waals surface area contributed by atoms with Crippen LogP contribution in [0.25, 0.3) is 0 Å². The van der Waals surface area contributed by atoms with E-state index in [0.717, 1.165) is 66.8 Å². The van der Waals surface area contributed by atoms with E-state index in [1.54, 1.807) is 0 Å². The lowest BCUT2D eigenvalue weighted by Crippen LogP contribution is -1.99. The predicted molar refractivity (Wildman–Crippen MR) is 149 cm³/mol. The molecule has 0 saturated carbocycles. The Labute approximate surface area is 219 Å². The highest BCUT2D eigenvalue weighted by atomic mass is 16.3. The standard InChI is InChI=1S/C33H36O4/c1-18-7-24(8-19(2)30(18)34)14-28-16-26(11-22(5)32(28)36)13-27-12-23(6)33(37)29(17-27)15-25-9-20(3)31(35)21(4)10-25/h7-12,16-17,34-37H,13-15H2,1-6H3. The smallest absolute Gasteiger partial charge is 0.122 e. The second kappa shape index (κ2) is 10.2. The molecule has 4 aromatic carbocycles. The first-order valence-corrected chi connectivity index (χ1v) is 12.6. The highest BCUT2D eigenvalue weighted by molar-refractivity contribution is 5.51. The zero-order chi connectivity index (χ0) is 27.0. The first-order valence-electron chi connectivity index (χ1n) is 12.6. The number of aryl methyl sites for hydroxylation is 6. The minimum Gasteiger partial charge on any atom is -0.507 e. The van der Waals surface area contributed by atoms with Crippen molar-refractivity contribution in [3.8, 4) is 23.0 Å². The Bertz CT molecular complexity index is 1340. The highest BCUT2D eigenvalue weighted by Crippen LogP contribution is 2.33. The van der Waals surface area contributed by atoms with Gasteiger partial charge in [0, 0.05) is 12.8 Å². The molecule has 4 aromatic rings. The molecular weight excluding hydrogens is 460 g/mol. The van der Waals surface area contributed by atoms with E-state index in [1.165, 1.54) is 0 Å². The van der Waals surface area contributed by atoms with E-state index in [9.17, 15) is 20.4 Å². The third-order valence-corrected chi connectivity index (χ3v) is 7.18. The molecule has 0 aliphatic rings. The molecule has 0 aromatic heterocycles. The Kier molecular flexibility index (Phi) is 7.22. The number of benzene rings is 4. The van der Waals surface area contributed by atoms with Gasteiger partial charge >= 0.3 is 0 Å². The predicted octanol–water partition coefficient (Wildman–Crippen LogP) is 7.13. The van der Waals surface area contributed by atoms with E-state index in [4.69, 9.17) is 0 Å². The summed E-state index contributed by atoms with van der Waals surface area (Å²) in [6, 6.07) is 16.0. The van der Waals surface area contributed by atoms with Crippen LogP contribution in [0.2, 0.25) is 0 Å². The molecule has 37 heavy (non-hydrogen) atoms. The zero-order valence-electron chi connectivity index (χ0n) is 22.5. The van der Waals surface area contributed by atoms with Crippen LogP contribution in [0.1, 0.15) is 66.8 Å². The van der Waals surface area contributed by atoms with Gasteiger partial charge in [0.25, 0.3) is 0 Å². The summed E-state index contributed by atoms with van der Waals surface area (Å²) in [7, 11) is 0. The van der Waals surface area contributed by atoms with Crippen molar-refractivity contribution in [2.45, 2.75) is 60.8 Å². The molecule has 0 radical (unpaired) electrons. The lowest BCUT2D eigenvalue weighted by Gasteiger charge is -2.15. The quantitative estimate of drug-likeness (QED) is 0.229. The number of rotatable bonds is 6. The summed E-state index contributed by atoms with van der Waals surface area (Å²) >= 11 is 0. The van der Waals surface area contributed by atoms with Gasteiger partial charge in [0.2, 0.25) is 0 Å². The van der Waals surface area contributed by atoms with E-state index in [0.29, 0.717) is 42.3 Å². The zero-order valence-corrected chi connectivity index (χ0v) is 22.5. The molecule has 0 atom stereocenters. The SMILES string of the molecule is Cc1cc(Cc2cc(Cc3cc(C)c(O)c(Cc4cc(C)c(O)c(C)c4)c3)cc(C)c2O)cc(C)c1O. The minimum absolute atomic E-state index is 0.299. The average molecular weight is 497 g/mol. The van der Waals surface area contributed by atoms with Gasteiger partial charge in [-0.05, 0) is 115 Å². The van der Waals surface area contributed by atoms with Gasteiger partial charge in [-0.15, -0.1) is 0 Å². The maximum absolute atomic E-state index is 10.8. The van der Waals surface area contributed by atoms with Gasteiger partial charge < -0.3 is 20.4 Å². The van der Waals surface area contributed by atoms with Gasteiger partial charge in [-0.3, -0.25) is 0 Å². The Hall–Kier alpha value is -3.92. The molecule has 0 fully saturated rings. The van der Waals surface area contributed by atoms with Crippen LogP contribution in [0.3, 0.4) is 0 Å². The number of phenolic OH excluding ortho intramolecular Hbond substituents is 4. The topological polar surface area (TPSA) is 80.9 Å². The third-order valence-electron chi connectivity index (χ3n) is 7.18. The van der Waals surface area contributed by atoms with Crippen LogP contribution in [-0.4, -0.2) is 20.4 Å². The Morgan fingerprint density at radius 3 is 0.892 bits per heavy atom. The van der Waals surface area contributed by atoms with Crippen LogP contribution >= 0.6 is 0 Å². The fraction of sp³-hybridized carbons (Fsp3) is 0.273. The molecule has 4 rings (SSSR count). The normalized spacial score (nSPS) is 11.2. The van der Waals surface area contributed by atoms with Crippen molar-refractivity contribution in [3.05, 3.63) is 115 Å². The van der Waals surface area contributed by atoms with Gasteiger partial charge in [-0.2, -0.15) is 0 Å². The number of phenols is 4. The maximum atomic E-state index is 10.8. The molecule has 0 unspecified atom stereocenters. The van der Waals surface area contributed by atoms with Crippen molar-refractivity contribution in [1.29, 1.82) is 0 Å². The summed E-state index contributed by atoms with van der Waals surface area (Å²) in [4.78, 5) is 0. The second-order valence-corrected chi connectivity index (χ2v) is 10.5. The third kappa shape index (κ3) is 5.59. The molecule has 4 N–H and O–H groups in total. The monoisotopic (exact) mass is 496 g/mol. The Morgan fingerprint density at radius 1 is 0.351 bits per heavy atom. The lowest BCUT2D eigenvalue weighted by atomic mass is 9.92. The van der Waals surface area contributed by atoms with Gasteiger partial charge in [-0.1, -0.05) is 48.5 Å². The Morgan fingerprint density at radius 2 is 0.595 bits per heavy atom. The fourth-order valence-electron chi connectivity index (χ4n) is 5.31. The first-order chi connectivity index (χ1) is 17.4. The highest BCUT2D eigenvalue weighted by Gasteiger charge is 2.14. The molecular formula is C33H36O4. The molecule has 0 bridgehead atoms. The number of hydrogen-bond donors (Lipinski definition) is 4. The van der Waals surface area contributed by atoms with E-state index >= 15 is 0 Å². The molecule has 0 aliphatic heterocycles. The van der Waals surface area contributed by atoms with Crippen molar-refractivity contribution < 1.29 is 20.4 Å². The van der Waals surface area contributed by atoms with Crippen LogP contribution in [0.15, 0.2) is 48.5 Å². The van der Waals surface area contributed by atoms with Crippen LogP contribution in [0.4, 0.5) is 0 Å². The number of hydrogen-bond acceptors (Lipinski definition) is 4. The van der Waals surface area contributed by atoms with Crippen molar-refractivity contribution in [2.75, 3.05) is 0 Å². The van der Waals surface area contributed by atoms with Crippen LogP contribution in [-0.2, 0) is 19.3 Å². The van der Waals surface area contributed by atoms with E-state index in [-0.39, 0.29) is 0 Å².